The number of carbonyl (C=O) groups excluding carboxylic acids is 2. The van der Waals surface area contributed by atoms with Crippen LogP contribution in [0, 0.1) is 11.3 Å². The summed E-state index contributed by atoms with van der Waals surface area (Å²) in [5.41, 5.74) is 1.43. The van der Waals surface area contributed by atoms with E-state index in [4.69, 9.17) is 9.47 Å². The van der Waals surface area contributed by atoms with Gasteiger partial charge < -0.3 is 14.8 Å². The molecule has 2 aromatic rings. The third-order valence-electron chi connectivity index (χ3n) is 3.60. The lowest BCUT2D eigenvalue weighted by molar-refractivity contribution is -0.112. The predicted octanol–water partition coefficient (Wildman–Crippen LogP) is 4.20. The number of ether oxygens (including phenoxy) is 2. The number of nitriles is 1. The number of para-hydroxylation sites is 1. The molecule has 0 aliphatic rings. The molecule has 6 nitrogen and oxygen atoms in total. The molecule has 0 aromatic heterocycles. The van der Waals surface area contributed by atoms with Crippen molar-refractivity contribution < 1.29 is 19.1 Å². The molecule has 1 N–H and O–H groups in total. The van der Waals surface area contributed by atoms with Crippen LogP contribution < -0.4 is 10.1 Å². The van der Waals surface area contributed by atoms with Crippen LogP contribution in [-0.2, 0) is 9.53 Å². The van der Waals surface area contributed by atoms with Crippen molar-refractivity contribution in [1.82, 2.24) is 0 Å². The van der Waals surface area contributed by atoms with Crippen LogP contribution in [0.3, 0.4) is 0 Å². The molecule has 0 unspecified atom stereocenters. The standard InChI is InChI=1S/C22H22N2O4/c1-4-27-22(26)16-9-11-19(12-10-16)24-21(25)18(14-23)13-17-7-5-6-8-20(17)28-15(2)3/h5-13,15H,4H2,1-3H3,(H,24,25). The molecule has 6 heteroatoms. The molecule has 0 aliphatic heterocycles. The van der Waals surface area contributed by atoms with Gasteiger partial charge in [0.15, 0.2) is 0 Å². The van der Waals surface area contributed by atoms with Crippen molar-refractivity contribution in [1.29, 1.82) is 5.26 Å². The van der Waals surface area contributed by atoms with E-state index in [0.29, 0.717) is 22.6 Å². The van der Waals surface area contributed by atoms with Crippen molar-refractivity contribution in [3.63, 3.8) is 0 Å². The Morgan fingerprint density at radius 3 is 2.43 bits per heavy atom. The van der Waals surface area contributed by atoms with Gasteiger partial charge in [0.2, 0.25) is 0 Å². The quantitative estimate of drug-likeness (QED) is 0.443. The van der Waals surface area contributed by atoms with Crippen LogP contribution in [0.1, 0.15) is 36.7 Å². The minimum atomic E-state index is -0.550. The second kappa shape index (κ2) is 9.93. The Balaban J connectivity index is 2.17. The van der Waals surface area contributed by atoms with Gasteiger partial charge in [0.1, 0.15) is 17.4 Å². The topological polar surface area (TPSA) is 88.4 Å². The van der Waals surface area contributed by atoms with Gasteiger partial charge in [-0.1, -0.05) is 18.2 Å². The summed E-state index contributed by atoms with van der Waals surface area (Å²) in [5.74, 6) is -0.387. The van der Waals surface area contributed by atoms with E-state index in [2.05, 4.69) is 5.32 Å². The first-order valence-electron chi connectivity index (χ1n) is 8.90. The molecule has 144 valence electrons. The summed E-state index contributed by atoms with van der Waals surface area (Å²) in [6, 6.07) is 15.4. The van der Waals surface area contributed by atoms with Gasteiger partial charge in [0, 0.05) is 11.3 Å². The summed E-state index contributed by atoms with van der Waals surface area (Å²) < 4.78 is 10.6. The molecular formula is C22H22N2O4. The summed E-state index contributed by atoms with van der Waals surface area (Å²) in [6.07, 6.45) is 1.45. The Morgan fingerprint density at radius 2 is 1.82 bits per heavy atom. The molecule has 0 radical (unpaired) electrons. The first-order valence-corrected chi connectivity index (χ1v) is 8.90. The summed E-state index contributed by atoms with van der Waals surface area (Å²) in [7, 11) is 0. The maximum absolute atomic E-state index is 12.5. The lowest BCUT2D eigenvalue weighted by Crippen LogP contribution is -2.14. The number of hydrogen-bond donors (Lipinski definition) is 1. The third-order valence-corrected chi connectivity index (χ3v) is 3.60. The van der Waals surface area contributed by atoms with Gasteiger partial charge in [-0.3, -0.25) is 4.79 Å². The van der Waals surface area contributed by atoms with Gasteiger partial charge in [-0.15, -0.1) is 0 Å². The number of amides is 1. The Bertz CT molecular complexity index is 909. The molecule has 0 bridgehead atoms. The van der Waals surface area contributed by atoms with Crippen molar-refractivity contribution in [3.8, 4) is 11.8 Å². The molecular weight excluding hydrogens is 356 g/mol. The number of nitrogens with zero attached hydrogens (tertiary/aromatic N) is 1. The van der Waals surface area contributed by atoms with E-state index in [1.807, 2.05) is 26.0 Å². The van der Waals surface area contributed by atoms with Crippen molar-refractivity contribution in [2.45, 2.75) is 26.9 Å². The highest BCUT2D eigenvalue weighted by Gasteiger charge is 2.13. The number of benzene rings is 2. The highest BCUT2D eigenvalue weighted by atomic mass is 16.5. The number of anilines is 1. The van der Waals surface area contributed by atoms with E-state index in [9.17, 15) is 14.9 Å². The fraction of sp³-hybridized carbons (Fsp3) is 0.227. The Morgan fingerprint density at radius 1 is 1.14 bits per heavy atom. The monoisotopic (exact) mass is 378 g/mol. The lowest BCUT2D eigenvalue weighted by Gasteiger charge is -2.12. The van der Waals surface area contributed by atoms with Crippen LogP contribution >= 0.6 is 0 Å². The Hall–Kier alpha value is -3.59. The molecule has 2 rings (SSSR count). The number of hydrogen-bond acceptors (Lipinski definition) is 5. The number of nitrogens with one attached hydrogen (secondary N) is 1. The van der Waals surface area contributed by atoms with Crippen LogP contribution in [0.4, 0.5) is 5.69 Å². The zero-order chi connectivity index (χ0) is 20.5. The highest BCUT2D eigenvalue weighted by molar-refractivity contribution is 6.10. The first kappa shape index (κ1) is 20.7. The van der Waals surface area contributed by atoms with Crippen LogP contribution in [0.25, 0.3) is 6.08 Å². The second-order valence-electron chi connectivity index (χ2n) is 6.13. The largest absolute Gasteiger partial charge is 0.490 e. The van der Waals surface area contributed by atoms with Gasteiger partial charge in [0.05, 0.1) is 18.3 Å². The van der Waals surface area contributed by atoms with Crippen LogP contribution in [0.15, 0.2) is 54.1 Å². The summed E-state index contributed by atoms with van der Waals surface area (Å²) >= 11 is 0. The van der Waals surface area contributed by atoms with Crippen molar-refractivity contribution in [3.05, 3.63) is 65.2 Å². The number of rotatable bonds is 7. The summed E-state index contributed by atoms with van der Waals surface area (Å²) in [6.45, 7) is 5.82. The van der Waals surface area contributed by atoms with Gasteiger partial charge in [0.25, 0.3) is 5.91 Å². The fourth-order valence-electron chi connectivity index (χ4n) is 2.37. The Labute approximate surface area is 164 Å². The molecule has 0 aliphatic carbocycles. The van der Waals surface area contributed by atoms with Crippen LogP contribution in [-0.4, -0.2) is 24.6 Å². The molecule has 0 fully saturated rings. The second-order valence-corrected chi connectivity index (χ2v) is 6.13. The SMILES string of the molecule is CCOC(=O)c1ccc(NC(=O)C(C#N)=Cc2ccccc2OC(C)C)cc1. The zero-order valence-corrected chi connectivity index (χ0v) is 16.1. The molecule has 0 saturated carbocycles. The minimum Gasteiger partial charge on any atom is -0.490 e. The van der Waals surface area contributed by atoms with Crippen LogP contribution in [0.2, 0.25) is 0 Å². The molecule has 0 heterocycles. The summed E-state index contributed by atoms with van der Waals surface area (Å²) in [4.78, 5) is 24.1. The van der Waals surface area contributed by atoms with E-state index in [1.165, 1.54) is 6.08 Å². The average molecular weight is 378 g/mol. The smallest absolute Gasteiger partial charge is 0.338 e. The van der Waals surface area contributed by atoms with Crippen molar-refractivity contribution in [2.24, 2.45) is 0 Å². The molecule has 1 amide bonds. The third kappa shape index (κ3) is 5.71. The van der Waals surface area contributed by atoms with E-state index in [-0.39, 0.29) is 18.3 Å². The average Bonchev–Trinajstić information content (AvgIpc) is 2.67. The maximum Gasteiger partial charge on any atom is 0.338 e. The highest BCUT2D eigenvalue weighted by Crippen LogP contribution is 2.22. The van der Waals surface area contributed by atoms with Gasteiger partial charge >= 0.3 is 5.97 Å². The minimum absolute atomic E-state index is 0.0353. The molecule has 28 heavy (non-hydrogen) atoms. The number of carbonyl (C=O) groups is 2. The fourth-order valence-corrected chi connectivity index (χ4v) is 2.37. The van der Waals surface area contributed by atoms with Gasteiger partial charge in [-0.05, 0) is 57.2 Å². The van der Waals surface area contributed by atoms with Crippen molar-refractivity contribution >= 4 is 23.6 Å². The van der Waals surface area contributed by atoms with E-state index >= 15 is 0 Å². The number of esters is 1. The molecule has 2 aromatic carbocycles. The van der Waals surface area contributed by atoms with Crippen molar-refractivity contribution in [2.75, 3.05) is 11.9 Å². The van der Waals surface area contributed by atoms with Crippen LogP contribution in [0.5, 0.6) is 5.75 Å². The lowest BCUT2D eigenvalue weighted by atomic mass is 10.1. The van der Waals surface area contributed by atoms with Gasteiger partial charge in [-0.2, -0.15) is 5.26 Å². The van der Waals surface area contributed by atoms with E-state index in [0.717, 1.165) is 0 Å². The molecule has 0 saturated heterocycles. The van der Waals surface area contributed by atoms with E-state index in [1.54, 1.807) is 49.4 Å². The zero-order valence-electron chi connectivity index (χ0n) is 16.1. The summed E-state index contributed by atoms with van der Waals surface area (Å²) in [5, 5.41) is 12.1. The normalized spacial score (nSPS) is 10.9. The Kier molecular flexibility index (Phi) is 7.35. The predicted molar refractivity (Wildman–Crippen MR) is 107 cm³/mol. The molecule has 0 atom stereocenters. The van der Waals surface area contributed by atoms with Gasteiger partial charge in [-0.25, -0.2) is 4.79 Å². The maximum atomic E-state index is 12.5. The first-order chi connectivity index (χ1) is 13.4. The molecule has 0 spiro atoms. The van der Waals surface area contributed by atoms with E-state index < -0.39 is 11.9 Å².